The summed E-state index contributed by atoms with van der Waals surface area (Å²) >= 11 is 0. The van der Waals surface area contributed by atoms with Crippen LogP contribution < -0.4 is 10.2 Å². The first-order valence-corrected chi connectivity index (χ1v) is 6.63. The normalized spacial score (nSPS) is 23.1. The summed E-state index contributed by atoms with van der Waals surface area (Å²) in [6.45, 7) is 4.50. The zero-order valence-corrected chi connectivity index (χ0v) is 11.0. The van der Waals surface area contributed by atoms with Gasteiger partial charge in [-0.1, -0.05) is 6.92 Å². The fourth-order valence-corrected chi connectivity index (χ4v) is 2.36. The van der Waals surface area contributed by atoms with E-state index in [9.17, 15) is 13.6 Å². The van der Waals surface area contributed by atoms with Gasteiger partial charge in [0.15, 0.2) is 6.54 Å². The van der Waals surface area contributed by atoms with E-state index in [1.165, 1.54) is 11.0 Å². The van der Waals surface area contributed by atoms with Gasteiger partial charge in [-0.3, -0.25) is 4.79 Å². The number of rotatable bonds is 3. The Morgan fingerprint density at radius 1 is 1.37 bits per heavy atom. The fourth-order valence-electron chi connectivity index (χ4n) is 2.36. The van der Waals surface area contributed by atoms with E-state index < -0.39 is 11.6 Å². The molecule has 5 heteroatoms. The Hall–Kier alpha value is -1.49. The summed E-state index contributed by atoms with van der Waals surface area (Å²) < 4.78 is 26.1. The van der Waals surface area contributed by atoms with Crippen LogP contribution in [0.15, 0.2) is 18.2 Å². The molecule has 1 aliphatic heterocycles. The van der Waals surface area contributed by atoms with Crippen molar-refractivity contribution in [2.45, 2.75) is 19.8 Å². The molecule has 0 unspecified atom stereocenters. The Labute approximate surface area is 111 Å². The summed E-state index contributed by atoms with van der Waals surface area (Å²) in [4.78, 5) is 13.0. The van der Waals surface area contributed by atoms with Crippen LogP contribution in [0.5, 0.6) is 0 Å². The van der Waals surface area contributed by atoms with E-state index in [0.29, 0.717) is 6.54 Å². The number of carbonyl (C=O) groups excluding carboxylic acids is 1. The first-order valence-electron chi connectivity index (χ1n) is 6.63. The van der Waals surface area contributed by atoms with Gasteiger partial charge in [-0.2, -0.15) is 0 Å². The van der Waals surface area contributed by atoms with Crippen LogP contribution in [0.25, 0.3) is 0 Å². The van der Waals surface area contributed by atoms with Crippen molar-refractivity contribution in [2.75, 3.05) is 25.0 Å². The topological polar surface area (TPSA) is 33.5 Å². The van der Waals surface area contributed by atoms with Gasteiger partial charge in [0.05, 0.1) is 18.8 Å². The van der Waals surface area contributed by atoms with Crippen LogP contribution >= 0.6 is 0 Å². The van der Waals surface area contributed by atoms with E-state index in [2.05, 4.69) is 12.2 Å². The van der Waals surface area contributed by atoms with E-state index in [1.54, 1.807) is 0 Å². The third-order valence-corrected chi connectivity index (χ3v) is 3.60. The zero-order chi connectivity index (χ0) is 13.8. The van der Waals surface area contributed by atoms with E-state index in [4.69, 9.17) is 0 Å². The molecule has 104 valence electrons. The number of quaternary nitrogens is 1. The largest absolute Gasteiger partial charge is 0.327 e. The highest BCUT2D eigenvalue weighted by atomic mass is 19.1. The minimum Gasteiger partial charge on any atom is -0.327 e. The summed E-state index contributed by atoms with van der Waals surface area (Å²) in [7, 11) is 0. The van der Waals surface area contributed by atoms with Crippen molar-refractivity contribution in [2.24, 2.45) is 5.92 Å². The molecule has 19 heavy (non-hydrogen) atoms. The van der Waals surface area contributed by atoms with Gasteiger partial charge in [0.1, 0.15) is 11.6 Å². The lowest BCUT2D eigenvalue weighted by Gasteiger charge is -2.26. The molecule has 0 atom stereocenters. The zero-order valence-electron chi connectivity index (χ0n) is 11.0. The molecule has 3 nitrogen and oxygen atoms in total. The molecule has 1 aliphatic rings. The molecule has 0 saturated carbocycles. The quantitative estimate of drug-likeness (QED) is 0.850. The second kappa shape index (κ2) is 6.10. The first-order chi connectivity index (χ1) is 9.04. The first kappa shape index (κ1) is 13.9. The van der Waals surface area contributed by atoms with Crippen LogP contribution in [0.3, 0.4) is 0 Å². The maximum atomic E-state index is 13.4. The molecule has 0 radical (unpaired) electrons. The van der Waals surface area contributed by atoms with Gasteiger partial charge in [0.2, 0.25) is 0 Å². The maximum absolute atomic E-state index is 13.4. The number of amides is 1. The van der Waals surface area contributed by atoms with Crippen molar-refractivity contribution in [1.29, 1.82) is 0 Å². The molecular weight excluding hydrogens is 250 g/mol. The minimum atomic E-state index is -0.740. The van der Waals surface area contributed by atoms with Crippen molar-refractivity contribution in [3.8, 4) is 0 Å². The van der Waals surface area contributed by atoms with E-state index in [0.717, 1.165) is 44.0 Å². The lowest BCUT2D eigenvalue weighted by Crippen LogP contribution is -3.14. The summed E-state index contributed by atoms with van der Waals surface area (Å²) in [5.74, 6) is -0.891. The molecule has 1 heterocycles. The minimum absolute atomic E-state index is 0.0381. The molecule has 1 aromatic carbocycles. The monoisotopic (exact) mass is 269 g/mol. The van der Waals surface area contributed by atoms with Gasteiger partial charge in [-0.05, 0) is 30.9 Å². The van der Waals surface area contributed by atoms with Gasteiger partial charge in [0.25, 0.3) is 5.91 Å². The van der Waals surface area contributed by atoms with Crippen molar-refractivity contribution >= 4 is 11.6 Å². The smallest absolute Gasteiger partial charge is 0.279 e. The van der Waals surface area contributed by atoms with Gasteiger partial charge >= 0.3 is 0 Å². The number of benzene rings is 1. The van der Waals surface area contributed by atoms with Crippen molar-refractivity contribution in [3.63, 3.8) is 0 Å². The molecule has 1 aromatic rings. The number of nitrogens with one attached hydrogen (secondary N) is 2. The highest BCUT2D eigenvalue weighted by Crippen LogP contribution is 2.14. The van der Waals surface area contributed by atoms with Gasteiger partial charge in [-0.25, -0.2) is 8.78 Å². The highest BCUT2D eigenvalue weighted by molar-refractivity contribution is 5.91. The standard InChI is InChI=1S/C14H18F2N2O/c1-10-4-6-18(7-5-10)9-14(19)17-13-3-2-11(15)8-12(13)16/h2-3,8,10H,4-7,9H2,1H3,(H,17,19)/p+1. The third kappa shape index (κ3) is 3.99. The molecule has 0 aromatic heterocycles. The van der Waals surface area contributed by atoms with Gasteiger partial charge in [-0.15, -0.1) is 0 Å². The van der Waals surface area contributed by atoms with Crippen LogP contribution in [0.4, 0.5) is 14.5 Å². The number of piperidine rings is 1. The Morgan fingerprint density at radius 2 is 2.05 bits per heavy atom. The van der Waals surface area contributed by atoms with E-state index in [1.807, 2.05) is 0 Å². The molecule has 0 spiro atoms. The average molecular weight is 269 g/mol. The molecule has 1 fully saturated rings. The number of halogens is 2. The van der Waals surface area contributed by atoms with Crippen molar-refractivity contribution in [1.82, 2.24) is 0 Å². The summed E-state index contributed by atoms with van der Waals surface area (Å²) in [6.07, 6.45) is 2.24. The Kier molecular flexibility index (Phi) is 4.47. The average Bonchev–Trinajstić information content (AvgIpc) is 2.36. The highest BCUT2D eigenvalue weighted by Gasteiger charge is 2.21. The Morgan fingerprint density at radius 3 is 2.68 bits per heavy atom. The second-order valence-corrected chi connectivity index (χ2v) is 5.28. The lowest BCUT2D eigenvalue weighted by atomic mass is 9.99. The molecule has 2 N–H and O–H groups in total. The summed E-state index contributed by atoms with van der Waals surface area (Å²) in [6, 6.07) is 3.15. The van der Waals surface area contributed by atoms with Crippen LogP contribution in [-0.4, -0.2) is 25.5 Å². The van der Waals surface area contributed by atoms with Crippen LogP contribution in [0.1, 0.15) is 19.8 Å². The van der Waals surface area contributed by atoms with Gasteiger partial charge in [0, 0.05) is 6.07 Å². The summed E-state index contributed by atoms with van der Waals surface area (Å²) in [5, 5.41) is 2.49. The van der Waals surface area contributed by atoms with Crippen molar-refractivity contribution in [3.05, 3.63) is 29.8 Å². The Balaban J connectivity index is 1.87. The second-order valence-electron chi connectivity index (χ2n) is 5.28. The predicted molar refractivity (Wildman–Crippen MR) is 68.9 cm³/mol. The fraction of sp³-hybridized carbons (Fsp3) is 0.500. The molecule has 1 saturated heterocycles. The Bertz CT molecular complexity index is 457. The molecular formula is C14H19F2N2O+. The number of anilines is 1. The summed E-state index contributed by atoms with van der Waals surface area (Å²) in [5.41, 5.74) is 0.0381. The van der Waals surface area contributed by atoms with Crippen LogP contribution in [0.2, 0.25) is 0 Å². The predicted octanol–water partition coefficient (Wildman–Crippen LogP) is 1.22. The molecule has 2 rings (SSSR count). The number of carbonyl (C=O) groups is 1. The maximum Gasteiger partial charge on any atom is 0.279 e. The van der Waals surface area contributed by atoms with Gasteiger partial charge < -0.3 is 10.2 Å². The van der Waals surface area contributed by atoms with E-state index in [-0.39, 0.29) is 11.6 Å². The SMILES string of the molecule is CC1CC[NH+](CC(=O)Nc2ccc(F)cc2F)CC1. The van der Waals surface area contributed by atoms with Crippen LogP contribution in [-0.2, 0) is 4.79 Å². The lowest BCUT2D eigenvalue weighted by molar-refractivity contribution is -0.897. The number of hydrogen-bond donors (Lipinski definition) is 2. The molecule has 0 bridgehead atoms. The third-order valence-electron chi connectivity index (χ3n) is 3.60. The number of likely N-dealkylation sites (tertiary alicyclic amines) is 1. The molecule has 0 aliphatic carbocycles. The molecule has 1 amide bonds. The van der Waals surface area contributed by atoms with Crippen LogP contribution in [0, 0.1) is 17.6 Å². The van der Waals surface area contributed by atoms with E-state index >= 15 is 0 Å². The number of hydrogen-bond acceptors (Lipinski definition) is 1. The van der Waals surface area contributed by atoms with Crippen molar-refractivity contribution < 1.29 is 18.5 Å².